The highest BCUT2D eigenvalue weighted by Gasteiger charge is 2.10. The molecule has 2 rings (SSSR count). The van der Waals surface area contributed by atoms with Crippen molar-refractivity contribution in [1.29, 1.82) is 0 Å². The maximum Gasteiger partial charge on any atom is 0.338 e. The fourth-order valence-corrected chi connectivity index (χ4v) is 2.63. The second-order valence-corrected chi connectivity index (χ2v) is 5.08. The van der Waals surface area contributed by atoms with Crippen LogP contribution in [0.4, 0.5) is 0 Å². The molecule has 98 valence electrons. The van der Waals surface area contributed by atoms with Gasteiger partial charge in [-0.3, -0.25) is 0 Å². The van der Waals surface area contributed by atoms with Crippen LogP contribution in [-0.4, -0.2) is 16.1 Å². The molecule has 4 heteroatoms. The Morgan fingerprint density at radius 1 is 1.21 bits per heavy atom. The van der Waals surface area contributed by atoms with Crippen LogP contribution in [0.15, 0.2) is 47.6 Å². The molecule has 1 aromatic heterocycles. The zero-order valence-electron chi connectivity index (χ0n) is 10.7. The summed E-state index contributed by atoms with van der Waals surface area (Å²) in [4.78, 5) is 15.2. The molecule has 0 atom stereocenters. The molecule has 1 N–H and O–H groups in total. The number of benzene rings is 1. The van der Waals surface area contributed by atoms with Gasteiger partial charge in [-0.05, 0) is 29.7 Å². The van der Waals surface area contributed by atoms with Crippen LogP contribution in [0.25, 0.3) is 0 Å². The van der Waals surface area contributed by atoms with E-state index in [9.17, 15) is 4.79 Å². The molecule has 0 spiro atoms. The second-order valence-electron chi connectivity index (χ2n) is 4.12. The highest BCUT2D eigenvalue weighted by molar-refractivity contribution is 7.98. The number of carbonyl (C=O) groups is 1. The van der Waals surface area contributed by atoms with E-state index in [0.717, 1.165) is 12.2 Å². The van der Waals surface area contributed by atoms with Gasteiger partial charge in [0, 0.05) is 11.9 Å². The summed E-state index contributed by atoms with van der Waals surface area (Å²) in [7, 11) is 0. The number of hydrogen-bond donors (Lipinski definition) is 1. The van der Waals surface area contributed by atoms with E-state index in [0.29, 0.717) is 5.03 Å². The number of hydrogen-bond acceptors (Lipinski definition) is 3. The van der Waals surface area contributed by atoms with Crippen molar-refractivity contribution in [1.82, 2.24) is 4.98 Å². The largest absolute Gasteiger partial charge is 0.478 e. The number of aryl methyl sites for hydroxylation is 1. The molecular weight excluding hydrogens is 258 g/mol. The van der Waals surface area contributed by atoms with Crippen molar-refractivity contribution in [2.75, 3.05) is 0 Å². The zero-order chi connectivity index (χ0) is 13.7. The van der Waals surface area contributed by atoms with Gasteiger partial charge in [-0.25, -0.2) is 9.78 Å². The average molecular weight is 273 g/mol. The summed E-state index contributed by atoms with van der Waals surface area (Å²) in [6, 6.07) is 11.6. The third kappa shape index (κ3) is 3.58. The topological polar surface area (TPSA) is 50.2 Å². The summed E-state index contributed by atoms with van der Waals surface area (Å²) in [5.41, 5.74) is 2.74. The number of rotatable bonds is 5. The molecule has 0 amide bonds. The minimum Gasteiger partial charge on any atom is -0.478 e. The lowest BCUT2D eigenvalue weighted by molar-refractivity contribution is 0.0692. The maximum atomic E-state index is 11.1. The molecule has 0 aliphatic rings. The lowest BCUT2D eigenvalue weighted by Gasteiger charge is -2.05. The molecule has 0 unspecified atom stereocenters. The van der Waals surface area contributed by atoms with Crippen molar-refractivity contribution in [3.8, 4) is 0 Å². The number of aromatic nitrogens is 1. The van der Waals surface area contributed by atoms with Gasteiger partial charge < -0.3 is 5.11 Å². The molecule has 0 saturated carbocycles. The standard InChI is InChI=1S/C15H15NO2S/c1-2-11-5-7-12(8-6-11)10-19-14-13(15(17)18)4-3-9-16-14/h3-9H,2,10H2,1H3,(H,17,18). The van der Waals surface area contributed by atoms with Gasteiger partial charge in [-0.2, -0.15) is 0 Å². The summed E-state index contributed by atoms with van der Waals surface area (Å²) in [6.07, 6.45) is 2.64. The van der Waals surface area contributed by atoms with Gasteiger partial charge in [0.1, 0.15) is 5.03 Å². The quantitative estimate of drug-likeness (QED) is 0.845. The first-order valence-corrected chi connectivity index (χ1v) is 7.08. The number of aromatic carboxylic acids is 1. The Bertz CT molecular complexity index is 567. The van der Waals surface area contributed by atoms with E-state index < -0.39 is 5.97 Å². The van der Waals surface area contributed by atoms with Crippen molar-refractivity contribution in [3.63, 3.8) is 0 Å². The third-order valence-electron chi connectivity index (χ3n) is 2.81. The van der Waals surface area contributed by atoms with E-state index in [1.165, 1.54) is 22.9 Å². The summed E-state index contributed by atoms with van der Waals surface area (Å²) in [5, 5.41) is 9.64. The van der Waals surface area contributed by atoms with Crippen LogP contribution in [0.1, 0.15) is 28.4 Å². The van der Waals surface area contributed by atoms with Crippen LogP contribution in [0, 0.1) is 0 Å². The minimum atomic E-state index is -0.933. The first-order valence-electron chi connectivity index (χ1n) is 6.09. The molecule has 0 saturated heterocycles. The van der Waals surface area contributed by atoms with Gasteiger partial charge >= 0.3 is 5.97 Å². The van der Waals surface area contributed by atoms with Gasteiger partial charge in [-0.1, -0.05) is 31.2 Å². The van der Waals surface area contributed by atoms with Crippen LogP contribution in [0.2, 0.25) is 0 Å². The van der Waals surface area contributed by atoms with Gasteiger partial charge in [0.15, 0.2) is 0 Å². The van der Waals surface area contributed by atoms with Crippen molar-refractivity contribution in [2.24, 2.45) is 0 Å². The van der Waals surface area contributed by atoms with Gasteiger partial charge in [0.2, 0.25) is 0 Å². The van der Waals surface area contributed by atoms with E-state index >= 15 is 0 Å². The summed E-state index contributed by atoms with van der Waals surface area (Å²) < 4.78 is 0. The predicted octanol–water partition coefficient (Wildman–Crippen LogP) is 3.63. The molecule has 1 aromatic carbocycles. The number of thioether (sulfide) groups is 1. The van der Waals surface area contributed by atoms with E-state index in [1.54, 1.807) is 18.3 Å². The first kappa shape index (κ1) is 13.6. The molecule has 0 radical (unpaired) electrons. The van der Waals surface area contributed by atoms with E-state index in [2.05, 4.69) is 36.2 Å². The molecule has 1 heterocycles. The normalized spacial score (nSPS) is 10.4. The van der Waals surface area contributed by atoms with Crippen molar-refractivity contribution in [2.45, 2.75) is 24.1 Å². The number of carboxylic acid groups (broad SMARTS) is 1. The highest BCUT2D eigenvalue weighted by Crippen LogP contribution is 2.24. The van der Waals surface area contributed by atoms with Gasteiger partial charge in [0.25, 0.3) is 0 Å². The Kier molecular flexibility index (Phi) is 4.58. The summed E-state index contributed by atoms with van der Waals surface area (Å²) >= 11 is 1.45. The zero-order valence-corrected chi connectivity index (χ0v) is 11.5. The molecular formula is C15H15NO2S. The smallest absolute Gasteiger partial charge is 0.338 e. The van der Waals surface area contributed by atoms with Crippen molar-refractivity contribution >= 4 is 17.7 Å². The summed E-state index contributed by atoms with van der Waals surface area (Å²) in [6.45, 7) is 2.12. The summed E-state index contributed by atoms with van der Waals surface area (Å²) in [5.74, 6) is -0.210. The molecule has 0 aliphatic heterocycles. The SMILES string of the molecule is CCc1ccc(CSc2ncccc2C(=O)O)cc1. The molecule has 19 heavy (non-hydrogen) atoms. The average Bonchev–Trinajstić information content (AvgIpc) is 2.46. The Labute approximate surface area is 116 Å². The first-order chi connectivity index (χ1) is 9.20. The van der Waals surface area contributed by atoms with Crippen LogP contribution < -0.4 is 0 Å². The van der Waals surface area contributed by atoms with Gasteiger partial charge in [0.05, 0.1) is 5.56 Å². The van der Waals surface area contributed by atoms with Crippen LogP contribution in [-0.2, 0) is 12.2 Å². The number of carboxylic acids is 1. The Hall–Kier alpha value is -1.81. The Morgan fingerprint density at radius 2 is 1.89 bits per heavy atom. The lowest BCUT2D eigenvalue weighted by atomic mass is 10.1. The maximum absolute atomic E-state index is 11.1. The third-order valence-corrected chi connectivity index (χ3v) is 3.88. The Morgan fingerprint density at radius 3 is 2.53 bits per heavy atom. The fraction of sp³-hybridized carbons (Fsp3) is 0.200. The number of pyridine rings is 1. The van der Waals surface area contributed by atoms with Crippen LogP contribution in [0.3, 0.4) is 0 Å². The van der Waals surface area contributed by atoms with Crippen molar-refractivity contribution < 1.29 is 9.90 Å². The van der Waals surface area contributed by atoms with Gasteiger partial charge in [-0.15, -0.1) is 11.8 Å². The molecule has 0 fully saturated rings. The minimum absolute atomic E-state index is 0.262. The molecule has 0 bridgehead atoms. The van der Waals surface area contributed by atoms with Crippen LogP contribution in [0.5, 0.6) is 0 Å². The monoisotopic (exact) mass is 273 g/mol. The number of nitrogens with zero attached hydrogens (tertiary/aromatic N) is 1. The van der Waals surface area contributed by atoms with Crippen molar-refractivity contribution in [3.05, 3.63) is 59.3 Å². The fourth-order valence-electron chi connectivity index (χ4n) is 1.69. The second kappa shape index (κ2) is 6.38. The highest BCUT2D eigenvalue weighted by atomic mass is 32.2. The molecule has 0 aliphatic carbocycles. The molecule has 3 nitrogen and oxygen atoms in total. The van der Waals surface area contributed by atoms with Crippen LogP contribution >= 0.6 is 11.8 Å². The van der Waals surface area contributed by atoms with E-state index in [-0.39, 0.29) is 5.56 Å². The predicted molar refractivity (Wildman–Crippen MR) is 76.6 cm³/mol. The molecule has 2 aromatic rings. The van der Waals surface area contributed by atoms with E-state index in [4.69, 9.17) is 5.11 Å². The lowest BCUT2D eigenvalue weighted by Crippen LogP contribution is -2.00. The Balaban J connectivity index is 2.07. The van der Waals surface area contributed by atoms with E-state index in [1.807, 2.05) is 0 Å².